The van der Waals surface area contributed by atoms with Crippen LogP contribution < -0.4 is 9.80 Å². The van der Waals surface area contributed by atoms with Gasteiger partial charge < -0.3 is 4.74 Å². The topological polar surface area (TPSA) is 64.8 Å². The van der Waals surface area contributed by atoms with Crippen LogP contribution in [0.15, 0.2) is 78.9 Å². The first kappa shape index (κ1) is 21.8. The first-order chi connectivity index (χ1) is 15.3. The Morgan fingerprint density at radius 2 is 1.59 bits per heavy atom. The molecular weight excluding hydrogens is 404 g/mol. The molecule has 0 aromatic heterocycles. The van der Waals surface area contributed by atoms with E-state index in [0.717, 1.165) is 22.4 Å². The number of hydrogen-bond acceptors (Lipinski definition) is 5. The minimum Gasteiger partial charge on any atom is -0.496 e. The van der Waals surface area contributed by atoms with Crippen molar-refractivity contribution >= 4 is 5.69 Å². The number of methoxy groups -OCH3 is 1. The molecule has 1 fully saturated rings. The molecule has 3 atom stereocenters. The van der Waals surface area contributed by atoms with Crippen LogP contribution in [-0.2, 0) is 10.3 Å². The van der Waals surface area contributed by atoms with Crippen molar-refractivity contribution in [3.63, 3.8) is 0 Å². The number of para-hydroxylation sites is 1. The number of ether oxygens (including phenoxy) is 1. The predicted molar refractivity (Wildman–Crippen MR) is 124 cm³/mol. The van der Waals surface area contributed by atoms with Crippen molar-refractivity contribution < 1.29 is 14.5 Å². The number of hydrogen-bond donors (Lipinski definition) is 0. The van der Waals surface area contributed by atoms with E-state index in [9.17, 15) is 10.1 Å². The van der Waals surface area contributed by atoms with E-state index in [-0.39, 0.29) is 10.3 Å². The number of nitro groups is 1. The van der Waals surface area contributed by atoms with Crippen LogP contribution in [0.2, 0.25) is 0 Å². The predicted octanol–water partition coefficient (Wildman–Crippen LogP) is 5.87. The quantitative estimate of drug-likeness (QED) is 0.372. The fraction of sp³-hybridized carbons (Fsp3) is 0.308. The fourth-order valence-electron chi connectivity index (χ4n) is 4.22. The molecule has 32 heavy (non-hydrogen) atoms. The van der Waals surface area contributed by atoms with Crippen LogP contribution in [0.5, 0.6) is 5.75 Å². The van der Waals surface area contributed by atoms with Gasteiger partial charge in [-0.1, -0.05) is 75.4 Å². The maximum atomic E-state index is 12.5. The van der Waals surface area contributed by atoms with Gasteiger partial charge >= 0.3 is 0 Å². The Kier molecular flexibility index (Phi) is 5.89. The molecular formula is C26H28N2O4. The van der Waals surface area contributed by atoms with Gasteiger partial charge in [0.15, 0.2) is 12.1 Å². The highest BCUT2D eigenvalue weighted by atomic mass is 16.7. The van der Waals surface area contributed by atoms with E-state index in [1.54, 1.807) is 12.2 Å². The largest absolute Gasteiger partial charge is 0.496 e. The third-order valence-corrected chi connectivity index (χ3v) is 5.91. The van der Waals surface area contributed by atoms with Gasteiger partial charge in [0, 0.05) is 10.5 Å². The number of nitrogens with zero attached hydrogens (tertiary/aromatic N) is 2. The molecule has 0 saturated carbocycles. The lowest BCUT2D eigenvalue weighted by molar-refractivity contribution is -0.531. The van der Waals surface area contributed by atoms with Crippen LogP contribution >= 0.6 is 0 Å². The van der Waals surface area contributed by atoms with Crippen molar-refractivity contribution in [1.82, 2.24) is 0 Å². The molecule has 6 nitrogen and oxygen atoms in total. The molecule has 4 rings (SSSR count). The van der Waals surface area contributed by atoms with E-state index in [1.807, 2.05) is 78.9 Å². The molecule has 0 amide bonds. The number of benzene rings is 3. The fourth-order valence-corrected chi connectivity index (χ4v) is 4.22. The summed E-state index contributed by atoms with van der Waals surface area (Å²) < 4.78 is 5.67. The Morgan fingerprint density at radius 3 is 2.16 bits per heavy atom. The minimum absolute atomic E-state index is 0.124. The second kappa shape index (κ2) is 8.63. The summed E-state index contributed by atoms with van der Waals surface area (Å²) in [6.07, 6.45) is -0.737. The second-order valence-corrected chi connectivity index (χ2v) is 9.03. The Morgan fingerprint density at radius 1 is 0.969 bits per heavy atom. The van der Waals surface area contributed by atoms with Crippen molar-refractivity contribution in [2.24, 2.45) is 0 Å². The van der Waals surface area contributed by atoms with Gasteiger partial charge in [0.1, 0.15) is 5.75 Å². The third-order valence-electron chi connectivity index (χ3n) is 5.91. The molecule has 3 aromatic carbocycles. The molecule has 1 heterocycles. The van der Waals surface area contributed by atoms with Gasteiger partial charge in [-0.25, -0.2) is 5.06 Å². The zero-order valence-electron chi connectivity index (χ0n) is 18.8. The molecule has 3 unspecified atom stereocenters. The van der Waals surface area contributed by atoms with Crippen molar-refractivity contribution in [1.29, 1.82) is 0 Å². The molecule has 0 N–H and O–H groups in total. The lowest BCUT2D eigenvalue weighted by Crippen LogP contribution is -2.33. The molecule has 6 heteroatoms. The van der Waals surface area contributed by atoms with Crippen LogP contribution in [0, 0.1) is 10.1 Å². The molecule has 0 radical (unpaired) electrons. The van der Waals surface area contributed by atoms with Gasteiger partial charge in [0.25, 0.3) is 6.04 Å². The molecule has 1 aliphatic heterocycles. The Balaban J connectivity index is 1.92. The first-order valence-electron chi connectivity index (χ1n) is 10.7. The second-order valence-electron chi connectivity index (χ2n) is 9.03. The minimum atomic E-state index is -1.03. The summed E-state index contributed by atoms with van der Waals surface area (Å²) in [7, 11) is 1.59. The zero-order chi connectivity index (χ0) is 22.9. The van der Waals surface area contributed by atoms with Crippen LogP contribution in [-0.4, -0.2) is 18.1 Å². The van der Waals surface area contributed by atoms with E-state index in [4.69, 9.17) is 9.57 Å². The van der Waals surface area contributed by atoms with Gasteiger partial charge in [-0.2, -0.15) is 0 Å². The molecule has 0 aliphatic carbocycles. The van der Waals surface area contributed by atoms with Gasteiger partial charge in [-0.15, -0.1) is 0 Å². The lowest BCUT2D eigenvalue weighted by atomic mass is 9.83. The Hall–Kier alpha value is -3.38. The maximum absolute atomic E-state index is 12.5. The number of anilines is 1. The number of hydroxylamine groups is 1. The number of rotatable bonds is 5. The van der Waals surface area contributed by atoms with Crippen LogP contribution in [0.3, 0.4) is 0 Å². The monoisotopic (exact) mass is 432 g/mol. The normalized spacial score (nSPS) is 20.9. The maximum Gasteiger partial charge on any atom is 0.272 e. The van der Waals surface area contributed by atoms with Crippen LogP contribution in [0.1, 0.15) is 49.6 Å². The summed E-state index contributed by atoms with van der Waals surface area (Å²) in [6.45, 7) is 6.36. The molecule has 3 aromatic rings. The van der Waals surface area contributed by atoms with E-state index in [2.05, 4.69) is 20.8 Å². The average Bonchev–Trinajstić information content (AvgIpc) is 3.20. The van der Waals surface area contributed by atoms with Crippen LogP contribution in [0.25, 0.3) is 0 Å². The zero-order valence-corrected chi connectivity index (χ0v) is 18.8. The smallest absolute Gasteiger partial charge is 0.272 e. The Labute approximate surface area is 188 Å². The summed E-state index contributed by atoms with van der Waals surface area (Å²) in [5.41, 5.74) is 3.21. The summed E-state index contributed by atoms with van der Waals surface area (Å²) >= 11 is 0. The van der Waals surface area contributed by atoms with Crippen molar-refractivity contribution in [3.8, 4) is 5.75 Å². The van der Waals surface area contributed by atoms with Crippen molar-refractivity contribution in [2.45, 2.75) is 44.4 Å². The summed E-state index contributed by atoms with van der Waals surface area (Å²) in [6, 6.07) is 23.1. The first-order valence-corrected chi connectivity index (χ1v) is 10.7. The molecule has 0 spiro atoms. The van der Waals surface area contributed by atoms with Gasteiger partial charge in [-0.3, -0.25) is 15.0 Å². The molecule has 166 valence electrons. The average molecular weight is 433 g/mol. The third kappa shape index (κ3) is 4.06. The van der Waals surface area contributed by atoms with Crippen molar-refractivity contribution in [2.75, 3.05) is 12.2 Å². The van der Waals surface area contributed by atoms with Gasteiger partial charge in [0.05, 0.1) is 12.8 Å². The van der Waals surface area contributed by atoms with E-state index >= 15 is 0 Å². The summed E-state index contributed by atoms with van der Waals surface area (Å²) in [5.74, 6) is 0.605. The highest BCUT2D eigenvalue weighted by molar-refractivity contribution is 5.52. The van der Waals surface area contributed by atoms with E-state index < -0.39 is 18.2 Å². The van der Waals surface area contributed by atoms with Gasteiger partial charge in [0.2, 0.25) is 0 Å². The molecule has 0 bridgehead atoms. The highest BCUT2D eigenvalue weighted by Gasteiger charge is 2.54. The van der Waals surface area contributed by atoms with E-state index in [0.29, 0.717) is 5.75 Å². The standard InChI is InChI=1S/C26H28N2O4/c1-26(2,3)19-15-16-22(31-4)21(17-19)23-24(28(29)30)25(18-11-7-5-8-12-18)32-27(23)20-13-9-6-10-14-20/h5-17,23-25H,1-4H3. The lowest BCUT2D eigenvalue weighted by Gasteiger charge is -2.28. The highest BCUT2D eigenvalue weighted by Crippen LogP contribution is 2.48. The Bertz CT molecular complexity index is 1080. The van der Waals surface area contributed by atoms with E-state index in [1.165, 1.54) is 0 Å². The SMILES string of the molecule is COc1ccc(C(C)(C)C)cc1C1C([N+](=O)[O-])C(c2ccccc2)ON1c1ccccc1. The van der Waals surface area contributed by atoms with Gasteiger partial charge in [-0.05, 0) is 40.8 Å². The summed E-state index contributed by atoms with van der Waals surface area (Å²) in [5, 5.41) is 14.2. The molecule has 1 aliphatic rings. The van der Waals surface area contributed by atoms with Crippen molar-refractivity contribution in [3.05, 3.63) is 106 Å². The summed E-state index contributed by atoms with van der Waals surface area (Å²) in [4.78, 5) is 18.6. The molecule has 1 saturated heterocycles. The van der Waals surface area contributed by atoms with Crippen LogP contribution in [0.4, 0.5) is 5.69 Å².